The third kappa shape index (κ3) is 9.50. The van der Waals surface area contributed by atoms with E-state index < -0.39 is 11.9 Å². The molecule has 0 heterocycles. The summed E-state index contributed by atoms with van der Waals surface area (Å²) in [5.74, 6) is -2.58. The van der Waals surface area contributed by atoms with E-state index >= 15 is 0 Å². The third-order valence-corrected chi connectivity index (χ3v) is 4.74. The Morgan fingerprint density at radius 3 is 1.35 bits per heavy atom. The van der Waals surface area contributed by atoms with Crippen LogP contribution in [0.2, 0.25) is 10.0 Å². The monoisotopic (exact) mass is 470 g/mol. The van der Waals surface area contributed by atoms with Crippen molar-refractivity contribution in [3.05, 3.63) is 80.8 Å². The lowest BCUT2D eigenvalue weighted by atomic mass is 9.95. The Hall–Kier alpha value is -2.42. The van der Waals surface area contributed by atoms with Crippen molar-refractivity contribution in [2.75, 3.05) is 26.4 Å². The summed E-state index contributed by atoms with van der Waals surface area (Å²) in [7, 11) is 0. The predicted molar refractivity (Wildman–Crippen MR) is 118 cm³/mol. The number of rotatable bonds is 10. The highest BCUT2D eigenvalue weighted by atomic mass is 35.5. The van der Waals surface area contributed by atoms with Gasteiger partial charge in [0.2, 0.25) is 0 Å². The Kier molecular flexibility index (Phi) is 12.5. The summed E-state index contributed by atoms with van der Waals surface area (Å²) in [6.45, 7) is 0.696. The first kappa shape index (κ1) is 26.6. The van der Waals surface area contributed by atoms with E-state index in [0.717, 1.165) is 0 Å². The second-order valence-corrected chi connectivity index (χ2v) is 6.98. The van der Waals surface area contributed by atoms with Crippen LogP contribution in [-0.2, 0) is 27.2 Å². The van der Waals surface area contributed by atoms with Gasteiger partial charge in [-0.2, -0.15) is 0 Å². The van der Waals surface area contributed by atoms with Crippen molar-refractivity contribution < 1.29 is 34.8 Å². The Bertz CT molecular complexity index is 825. The van der Waals surface area contributed by atoms with E-state index in [-0.39, 0.29) is 37.2 Å². The molecule has 0 radical (unpaired) electrons. The average Bonchev–Trinajstić information content (AvgIpc) is 2.73. The number of ether oxygens (including phenoxy) is 1. The summed E-state index contributed by atoms with van der Waals surface area (Å²) < 4.78 is 4.63. The molecule has 2 rings (SSSR count). The molecule has 31 heavy (non-hydrogen) atoms. The van der Waals surface area contributed by atoms with Crippen LogP contribution in [0.4, 0.5) is 0 Å². The van der Waals surface area contributed by atoms with E-state index in [0.29, 0.717) is 34.4 Å². The van der Waals surface area contributed by atoms with Crippen LogP contribution in [0.1, 0.15) is 11.1 Å². The first-order valence-corrected chi connectivity index (χ1v) is 10.0. The molecular formula is C22H24Cl2O7. The molecule has 4 N–H and O–H groups in total. The number of aliphatic carboxylic acids is 2. The van der Waals surface area contributed by atoms with Crippen LogP contribution in [0.15, 0.2) is 59.7 Å². The maximum absolute atomic E-state index is 11.6. The standard InChI is InChI=1S/C18H14Cl2O4.C4H10O3/c19-15-7-3-1-5-11(15)9-13(17(21)22)14(18(23)24)10-12-6-2-4-8-16(12)20;5-1-3-7-4-2-6/h1-8H,9-10H2,(H,21,22)(H,23,24);5-6H,1-4H2/b14-13+;. The average molecular weight is 471 g/mol. The molecule has 0 aliphatic carbocycles. The zero-order valence-corrected chi connectivity index (χ0v) is 18.1. The topological polar surface area (TPSA) is 124 Å². The summed E-state index contributed by atoms with van der Waals surface area (Å²) in [4.78, 5) is 23.3. The van der Waals surface area contributed by atoms with Gasteiger partial charge in [0.25, 0.3) is 0 Å². The van der Waals surface area contributed by atoms with Crippen LogP contribution < -0.4 is 0 Å². The van der Waals surface area contributed by atoms with Gasteiger partial charge in [-0.3, -0.25) is 0 Å². The Morgan fingerprint density at radius 2 is 1.06 bits per heavy atom. The van der Waals surface area contributed by atoms with Gasteiger partial charge >= 0.3 is 11.9 Å². The Morgan fingerprint density at radius 1 is 0.710 bits per heavy atom. The van der Waals surface area contributed by atoms with Gasteiger partial charge in [-0.25, -0.2) is 9.59 Å². The van der Waals surface area contributed by atoms with Crippen molar-refractivity contribution in [3.8, 4) is 0 Å². The van der Waals surface area contributed by atoms with Gasteiger partial charge in [-0.05, 0) is 23.3 Å². The number of hydrogen-bond acceptors (Lipinski definition) is 5. The van der Waals surface area contributed by atoms with Crippen molar-refractivity contribution in [2.24, 2.45) is 0 Å². The number of aliphatic hydroxyl groups excluding tert-OH is 2. The number of carboxylic acids is 2. The summed E-state index contributed by atoms with van der Waals surface area (Å²) in [5.41, 5.74) is 0.676. The van der Waals surface area contributed by atoms with Crippen molar-refractivity contribution >= 4 is 35.1 Å². The van der Waals surface area contributed by atoms with Gasteiger partial charge in [-0.1, -0.05) is 59.6 Å². The van der Waals surface area contributed by atoms with Gasteiger partial charge < -0.3 is 25.2 Å². The first-order chi connectivity index (χ1) is 14.8. The normalized spacial score (nSPS) is 11.2. The SMILES string of the molecule is O=C(O)/C(Cc1ccccc1Cl)=C(\Cc1ccccc1Cl)C(=O)O.OCCOCCO. The minimum atomic E-state index is -1.29. The molecule has 0 spiro atoms. The molecule has 7 nitrogen and oxygen atoms in total. The minimum Gasteiger partial charge on any atom is -0.478 e. The van der Waals surface area contributed by atoms with Gasteiger partial charge in [0.05, 0.1) is 37.6 Å². The van der Waals surface area contributed by atoms with E-state index in [4.69, 9.17) is 33.4 Å². The highest BCUT2D eigenvalue weighted by molar-refractivity contribution is 6.31. The number of carboxylic acid groups (broad SMARTS) is 2. The van der Waals surface area contributed by atoms with Gasteiger partial charge in [-0.15, -0.1) is 0 Å². The molecule has 0 amide bonds. The lowest BCUT2D eigenvalue weighted by molar-refractivity contribution is -0.136. The van der Waals surface area contributed by atoms with E-state index in [1.54, 1.807) is 48.5 Å². The van der Waals surface area contributed by atoms with Crippen LogP contribution in [0, 0.1) is 0 Å². The van der Waals surface area contributed by atoms with E-state index in [9.17, 15) is 19.8 Å². The zero-order valence-electron chi connectivity index (χ0n) is 16.6. The van der Waals surface area contributed by atoms with Crippen LogP contribution in [0.3, 0.4) is 0 Å². The third-order valence-electron chi connectivity index (χ3n) is 4.00. The molecule has 168 valence electrons. The highest BCUT2D eigenvalue weighted by Crippen LogP contribution is 2.24. The Labute approximate surface area is 190 Å². The van der Waals surface area contributed by atoms with E-state index in [1.165, 1.54) is 0 Å². The molecule has 0 aliphatic heterocycles. The maximum atomic E-state index is 11.6. The smallest absolute Gasteiger partial charge is 0.332 e. The lowest BCUT2D eigenvalue weighted by Crippen LogP contribution is -2.15. The van der Waals surface area contributed by atoms with Crippen molar-refractivity contribution in [3.63, 3.8) is 0 Å². The molecule has 0 bridgehead atoms. The molecule has 0 atom stereocenters. The molecule has 9 heteroatoms. The number of benzene rings is 2. The number of carbonyl (C=O) groups is 2. The fraction of sp³-hybridized carbons (Fsp3) is 0.273. The second-order valence-electron chi connectivity index (χ2n) is 6.16. The summed E-state index contributed by atoms with van der Waals surface area (Å²) in [5, 5.41) is 35.9. The number of hydrogen-bond donors (Lipinski definition) is 4. The van der Waals surface area contributed by atoms with Crippen LogP contribution in [0.5, 0.6) is 0 Å². The van der Waals surface area contributed by atoms with E-state index in [1.807, 2.05) is 0 Å². The largest absolute Gasteiger partial charge is 0.478 e. The molecule has 2 aromatic carbocycles. The quantitative estimate of drug-likeness (QED) is 0.310. The molecule has 0 unspecified atom stereocenters. The van der Waals surface area contributed by atoms with Crippen LogP contribution in [-0.4, -0.2) is 58.8 Å². The molecule has 2 aromatic rings. The van der Waals surface area contributed by atoms with Crippen LogP contribution in [0.25, 0.3) is 0 Å². The first-order valence-electron chi connectivity index (χ1n) is 9.26. The lowest BCUT2D eigenvalue weighted by Gasteiger charge is -2.11. The number of aliphatic hydroxyl groups is 2. The molecule has 0 aliphatic rings. The molecule has 0 saturated heterocycles. The summed E-state index contributed by atoms with van der Waals surface area (Å²) in [6, 6.07) is 13.5. The highest BCUT2D eigenvalue weighted by Gasteiger charge is 2.22. The zero-order chi connectivity index (χ0) is 23.2. The van der Waals surface area contributed by atoms with Crippen molar-refractivity contribution in [1.29, 1.82) is 0 Å². The van der Waals surface area contributed by atoms with Crippen molar-refractivity contribution in [2.45, 2.75) is 12.8 Å². The number of halogens is 2. The van der Waals surface area contributed by atoms with E-state index in [2.05, 4.69) is 4.74 Å². The molecule has 0 saturated carbocycles. The van der Waals surface area contributed by atoms with Gasteiger partial charge in [0.15, 0.2) is 0 Å². The fourth-order valence-corrected chi connectivity index (χ4v) is 2.92. The fourth-order valence-electron chi connectivity index (χ4n) is 2.52. The second kappa shape index (κ2) is 14.6. The molecular weight excluding hydrogens is 447 g/mol. The van der Waals surface area contributed by atoms with Gasteiger partial charge in [0, 0.05) is 22.9 Å². The minimum absolute atomic E-state index is 0.0278. The van der Waals surface area contributed by atoms with Gasteiger partial charge in [0.1, 0.15) is 0 Å². The summed E-state index contributed by atoms with van der Waals surface area (Å²) in [6.07, 6.45) is -0.164. The molecule has 0 fully saturated rings. The predicted octanol–water partition coefficient (Wildman–Crippen LogP) is 3.23. The Balaban J connectivity index is 0.000000592. The maximum Gasteiger partial charge on any atom is 0.332 e. The van der Waals surface area contributed by atoms with Crippen molar-refractivity contribution in [1.82, 2.24) is 0 Å². The molecule has 0 aromatic heterocycles. The summed E-state index contributed by atoms with van der Waals surface area (Å²) >= 11 is 12.1. The van der Waals surface area contributed by atoms with Crippen LogP contribution >= 0.6 is 23.2 Å².